The van der Waals surface area contributed by atoms with Gasteiger partial charge in [0.05, 0.1) is 6.54 Å². The summed E-state index contributed by atoms with van der Waals surface area (Å²) >= 11 is 0. The molecule has 5 nitrogen and oxygen atoms in total. The zero-order chi connectivity index (χ0) is 15.4. The number of hydrogen-bond acceptors (Lipinski definition) is 4. The average molecular weight is 337 g/mol. The Balaban J connectivity index is 0. The third kappa shape index (κ3) is 11.8. The minimum absolute atomic E-state index is 0. The Morgan fingerprint density at radius 2 is 1.90 bits per heavy atom. The summed E-state index contributed by atoms with van der Waals surface area (Å²) in [4.78, 5) is 14.6. The maximum atomic E-state index is 11.8. The summed E-state index contributed by atoms with van der Waals surface area (Å²) in [5, 5.41) is 18.6. The predicted molar refractivity (Wildman–Crippen MR) is 80.0 cm³/mol. The SMILES string of the molecule is CC(/C=C(\[O-])c1ccccc1)=NCCN(C)C.[Cu+2].[N-]=C=O. The molecule has 0 aliphatic rings. The van der Waals surface area contributed by atoms with Crippen LogP contribution >= 0.6 is 0 Å². The van der Waals surface area contributed by atoms with Crippen LogP contribution in [0.4, 0.5) is 0 Å². The zero-order valence-corrected chi connectivity index (χ0v) is 13.3. The third-order valence-electron chi connectivity index (χ3n) is 2.31. The monoisotopic (exact) mass is 336 g/mol. The smallest absolute Gasteiger partial charge is 0.872 e. The van der Waals surface area contributed by atoms with Crippen LogP contribution in [0.1, 0.15) is 12.5 Å². The van der Waals surface area contributed by atoms with Crippen LogP contribution in [-0.4, -0.2) is 43.9 Å². The number of aliphatic imine (C=N–C) groups is 1. The van der Waals surface area contributed by atoms with Gasteiger partial charge in [-0.3, -0.25) is 9.79 Å². The van der Waals surface area contributed by atoms with Crippen molar-refractivity contribution in [3.05, 3.63) is 47.4 Å². The summed E-state index contributed by atoms with van der Waals surface area (Å²) in [5.74, 6) is 0.0108. The van der Waals surface area contributed by atoms with Crippen molar-refractivity contribution >= 4 is 17.6 Å². The molecule has 1 aromatic rings. The van der Waals surface area contributed by atoms with Gasteiger partial charge in [0.1, 0.15) is 0 Å². The summed E-state index contributed by atoms with van der Waals surface area (Å²) in [7, 11) is 4.01. The molecule has 0 atom stereocenters. The summed E-state index contributed by atoms with van der Waals surface area (Å²) in [6.45, 7) is 3.47. The van der Waals surface area contributed by atoms with E-state index in [-0.39, 0.29) is 22.8 Å². The van der Waals surface area contributed by atoms with Crippen molar-refractivity contribution in [1.29, 1.82) is 0 Å². The van der Waals surface area contributed by atoms with Crippen molar-refractivity contribution in [3.8, 4) is 0 Å². The van der Waals surface area contributed by atoms with Crippen molar-refractivity contribution < 1.29 is 27.0 Å². The summed E-state index contributed by atoms with van der Waals surface area (Å²) in [6.07, 6.45) is 2.09. The quantitative estimate of drug-likeness (QED) is 0.352. The Morgan fingerprint density at radius 3 is 2.38 bits per heavy atom. The van der Waals surface area contributed by atoms with Gasteiger partial charge in [0.15, 0.2) is 0 Å². The van der Waals surface area contributed by atoms with Gasteiger partial charge in [0, 0.05) is 12.3 Å². The number of isocyanates is 1. The number of likely N-dealkylation sites (N-methyl/N-ethyl adjacent to an activating group) is 1. The molecule has 1 rings (SSSR count). The number of allylic oxidation sites excluding steroid dienone is 1. The summed E-state index contributed by atoms with van der Waals surface area (Å²) < 4.78 is 0. The van der Waals surface area contributed by atoms with Crippen LogP contribution in [0, 0.1) is 0 Å². The van der Waals surface area contributed by atoms with E-state index < -0.39 is 0 Å². The fourth-order valence-corrected chi connectivity index (χ4v) is 1.35. The van der Waals surface area contributed by atoms with Crippen LogP contribution in [0.2, 0.25) is 0 Å². The molecule has 0 fully saturated rings. The average Bonchev–Trinajstić information content (AvgIpc) is 2.40. The van der Waals surface area contributed by atoms with Crippen LogP contribution in [0.15, 0.2) is 41.4 Å². The summed E-state index contributed by atoms with van der Waals surface area (Å²) in [5.41, 5.74) is 1.48. The maximum absolute atomic E-state index is 11.8. The van der Waals surface area contributed by atoms with Gasteiger partial charge in [-0.2, -0.15) is 0 Å². The van der Waals surface area contributed by atoms with Crippen molar-refractivity contribution in [1.82, 2.24) is 4.90 Å². The Kier molecular flexibility index (Phi) is 13.7. The second-order valence-electron chi connectivity index (χ2n) is 4.29. The van der Waals surface area contributed by atoms with E-state index in [4.69, 9.17) is 10.2 Å². The van der Waals surface area contributed by atoms with Crippen LogP contribution < -0.4 is 5.11 Å². The molecule has 0 bridgehead atoms. The Morgan fingerprint density at radius 1 is 1.38 bits per heavy atom. The second-order valence-corrected chi connectivity index (χ2v) is 4.29. The van der Waals surface area contributed by atoms with E-state index in [0.717, 1.165) is 18.8 Å². The molecule has 0 N–H and O–H groups in total. The molecule has 117 valence electrons. The first kappa shape index (κ1) is 21.6. The molecule has 0 amide bonds. The fraction of sp³-hybridized carbons (Fsp3) is 0.333. The molecule has 1 aromatic carbocycles. The van der Waals surface area contributed by atoms with E-state index in [1.807, 2.05) is 51.4 Å². The molecule has 6 heteroatoms. The number of hydrogen-bond donors (Lipinski definition) is 0. The van der Waals surface area contributed by atoms with Gasteiger partial charge in [0.25, 0.3) is 0 Å². The van der Waals surface area contributed by atoms with E-state index in [2.05, 4.69) is 9.89 Å². The van der Waals surface area contributed by atoms with Crippen LogP contribution in [0.5, 0.6) is 0 Å². The molecule has 0 heterocycles. The normalized spacial score (nSPS) is 11.0. The van der Waals surface area contributed by atoms with E-state index in [9.17, 15) is 5.11 Å². The van der Waals surface area contributed by atoms with Gasteiger partial charge in [-0.15, -0.1) is 0 Å². The second kappa shape index (κ2) is 13.3. The van der Waals surface area contributed by atoms with Gasteiger partial charge in [-0.25, -0.2) is 0 Å². The van der Waals surface area contributed by atoms with Crippen LogP contribution in [0.3, 0.4) is 0 Å². The van der Waals surface area contributed by atoms with Crippen molar-refractivity contribution in [3.63, 3.8) is 0 Å². The number of nitrogens with zero attached hydrogens (tertiary/aromatic N) is 3. The largest absolute Gasteiger partial charge is 2.00 e. The Bertz CT molecular complexity index is 479. The first-order chi connectivity index (χ1) is 9.51. The number of carbonyl (C=O) groups excluding carboxylic acids is 1. The third-order valence-corrected chi connectivity index (χ3v) is 2.31. The molecule has 21 heavy (non-hydrogen) atoms. The molecule has 0 saturated carbocycles. The minimum Gasteiger partial charge on any atom is -0.872 e. The molecule has 0 saturated heterocycles. The van der Waals surface area contributed by atoms with E-state index in [1.54, 1.807) is 6.08 Å². The van der Waals surface area contributed by atoms with E-state index in [0.29, 0.717) is 11.6 Å². The molecular formula is C15H19CuN3O2. The molecule has 1 radical (unpaired) electrons. The van der Waals surface area contributed by atoms with Crippen molar-refractivity contribution in [2.75, 3.05) is 27.2 Å². The van der Waals surface area contributed by atoms with E-state index in [1.165, 1.54) is 0 Å². The van der Waals surface area contributed by atoms with Gasteiger partial charge in [-0.05, 0) is 38.7 Å². The minimum atomic E-state index is 0. The molecule has 0 spiro atoms. The van der Waals surface area contributed by atoms with Gasteiger partial charge in [-0.1, -0.05) is 36.1 Å². The molecule has 0 aromatic heterocycles. The Labute approximate surface area is 136 Å². The first-order valence-electron chi connectivity index (χ1n) is 6.12. The summed E-state index contributed by atoms with van der Waals surface area (Å²) in [6, 6.07) is 9.24. The maximum Gasteiger partial charge on any atom is 2.00 e. The standard InChI is InChI=1S/C14H20N2O.CNO.Cu/c1-12(15-9-10-16(2)3)11-14(17)13-7-5-4-6-8-13;2-1-3;/h4-8,11,17H,9-10H2,1-3H3;;/q;-1;+2/p-1/b14-11-,15-12?;;. The van der Waals surface area contributed by atoms with Crippen LogP contribution in [0.25, 0.3) is 11.2 Å². The van der Waals surface area contributed by atoms with Gasteiger partial charge < -0.3 is 15.4 Å². The number of rotatable bonds is 5. The molecule has 0 aliphatic heterocycles. The molecule has 0 unspecified atom stereocenters. The number of benzene rings is 1. The predicted octanol–water partition coefficient (Wildman–Crippen LogP) is 1.30. The fourth-order valence-electron chi connectivity index (χ4n) is 1.35. The van der Waals surface area contributed by atoms with Gasteiger partial charge >= 0.3 is 17.1 Å². The van der Waals surface area contributed by atoms with E-state index >= 15 is 0 Å². The van der Waals surface area contributed by atoms with Crippen LogP contribution in [-0.2, 0) is 21.9 Å². The molecular weight excluding hydrogens is 318 g/mol. The van der Waals surface area contributed by atoms with Crippen molar-refractivity contribution in [2.45, 2.75) is 6.92 Å². The zero-order valence-electron chi connectivity index (χ0n) is 12.3. The Hall–Kier alpha value is -1.71. The topological polar surface area (TPSA) is 78.0 Å². The first-order valence-corrected chi connectivity index (χ1v) is 6.12. The van der Waals surface area contributed by atoms with Crippen molar-refractivity contribution in [2.24, 2.45) is 4.99 Å². The molecule has 0 aliphatic carbocycles. The van der Waals surface area contributed by atoms with Gasteiger partial charge in [0.2, 0.25) is 0 Å².